The number of cyclic esters (lactones) is 1. The molecule has 1 aromatic heterocycles. The quantitative estimate of drug-likeness (QED) is 0.663. The number of aromatic amines is 1. The Labute approximate surface area is 169 Å². The molecule has 2 heterocycles. The Morgan fingerprint density at radius 1 is 1.24 bits per heavy atom. The lowest BCUT2D eigenvalue weighted by Gasteiger charge is -2.22. The average Bonchev–Trinajstić information content (AvgIpc) is 3.37. The summed E-state index contributed by atoms with van der Waals surface area (Å²) in [6.45, 7) is 5.10. The number of nitrogens with zero attached hydrogens (tertiary/aromatic N) is 2. The molecule has 0 radical (unpaired) electrons. The van der Waals surface area contributed by atoms with Crippen LogP contribution in [0.4, 0.5) is 10.5 Å². The minimum Gasteiger partial charge on any atom is -0.447 e. The lowest BCUT2D eigenvalue weighted by Crippen LogP contribution is -2.33. The van der Waals surface area contributed by atoms with Gasteiger partial charge in [-0.1, -0.05) is 32.4 Å². The van der Waals surface area contributed by atoms with E-state index in [4.69, 9.17) is 4.74 Å². The monoisotopic (exact) mass is 392 g/mol. The van der Waals surface area contributed by atoms with Gasteiger partial charge < -0.3 is 15.0 Å². The maximum absolute atomic E-state index is 12.9. The molecular formula is C22H24N4O3. The second kappa shape index (κ2) is 7.95. The number of ether oxygens (including phenoxy) is 1. The van der Waals surface area contributed by atoms with Gasteiger partial charge in [0.1, 0.15) is 12.4 Å². The average molecular weight is 392 g/mol. The topological polar surface area (TPSA) is 87.3 Å². The molecule has 7 nitrogen and oxygen atoms in total. The summed E-state index contributed by atoms with van der Waals surface area (Å²) >= 11 is 0. The van der Waals surface area contributed by atoms with Crippen LogP contribution in [-0.4, -0.2) is 35.1 Å². The zero-order chi connectivity index (χ0) is 20.4. The Morgan fingerprint density at radius 2 is 2.00 bits per heavy atom. The summed E-state index contributed by atoms with van der Waals surface area (Å²) in [5.41, 5.74) is 3.09. The van der Waals surface area contributed by atoms with E-state index < -0.39 is 0 Å². The molecule has 7 heteroatoms. The van der Waals surface area contributed by atoms with Crippen LogP contribution >= 0.6 is 0 Å². The van der Waals surface area contributed by atoms with E-state index in [1.54, 1.807) is 29.2 Å². The summed E-state index contributed by atoms with van der Waals surface area (Å²) < 4.78 is 4.96. The van der Waals surface area contributed by atoms with Crippen molar-refractivity contribution in [3.05, 3.63) is 59.9 Å². The van der Waals surface area contributed by atoms with Crippen LogP contribution in [0.5, 0.6) is 0 Å². The van der Waals surface area contributed by atoms with Gasteiger partial charge in [0.2, 0.25) is 0 Å². The van der Waals surface area contributed by atoms with E-state index in [9.17, 15) is 9.59 Å². The summed E-state index contributed by atoms with van der Waals surface area (Å²) in [6.07, 6.45) is 0.543. The van der Waals surface area contributed by atoms with E-state index in [2.05, 4.69) is 29.1 Å². The molecule has 1 aliphatic heterocycles. The first-order chi connectivity index (χ1) is 14.1. The van der Waals surface area contributed by atoms with Gasteiger partial charge >= 0.3 is 6.09 Å². The van der Waals surface area contributed by atoms with E-state index in [0.717, 1.165) is 29.0 Å². The Balaban J connectivity index is 1.54. The molecule has 1 fully saturated rings. The number of benzene rings is 2. The molecule has 2 amide bonds. The minimum atomic E-state index is -0.357. The van der Waals surface area contributed by atoms with Gasteiger partial charge in [-0.3, -0.25) is 9.69 Å². The first-order valence-corrected chi connectivity index (χ1v) is 9.86. The molecule has 2 atom stereocenters. The van der Waals surface area contributed by atoms with Gasteiger partial charge in [0.25, 0.3) is 5.91 Å². The van der Waals surface area contributed by atoms with Crippen LogP contribution in [0.3, 0.4) is 0 Å². The zero-order valence-corrected chi connectivity index (χ0v) is 16.5. The van der Waals surface area contributed by atoms with Crippen molar-refractivity contribution in [2.75, 3.05) is 18.1 Å². The molecule has 0 bridgehead atoms. The molecule has 0 saturated carbocycles. The van der Waals surface area contributed by atoms with Gasteiger partial charge in [-0.05, 0) is 42.3 Å². The van der Waals surface area contributed by atoms with Crippen LogP contribution < -0.4 is 10.2 Å². The van der Waals surface area contributed by atoms with Crippen molar-refractivity contribution in [1.29, 1.82) is 0 Å². The van der Waals surface area contributed by atoms with Crippen LogP contribution in [0.15, 0.2) is 48.5 Å². The van der Waals surface area contributed by atoms with Gasteiger partial charge in [-0.2, -0.15) is 0 Å². The molecule has 2 unspecified atom stereocenters. The zero-order valence-electron chi connectivity index (χ0n) is 16.5. The van der Waals surface area contributed by atoms with Crippen molar-refractivity contribution in [2.24, 2.45) is 5.92 Å². The van der Waals surface area contributed by atoms with Crippen molar-refractivity contribution in [3.63, 3.8) is 0 Å². The maximum atomic E-state index is 12.9. The number of para-hydroxylation sites is 2. The molecule has 1 aliphatic rings. The first-order valence-electron chi connectivity index (χ1n) is 9.86. The fourth-order valence-electron chi connectivity index (χ4n) is 3.48. The number of rotatable bonds is 6. The third-order valence-corrected chi connectivity index (χ3v) is 5.40. The maximum Gasteiger partial charge on any atom is 0.414 e. The van der Waals surface area contributed by atoms with Gasteiger partial charge in [0.15, 0.2) is 0 Å². The lowest BCUT2D eigenvalue weighted by atomic mass is 9.98. The van der Waals surface area contributed by atoms with Crippen molar-refractivity contribution < 1.29 is 14.3 Å². The molecule has 3 aromatic rings. The SMILES string of the molecule is CCC(C)C(NC(=O)c1ccc(N2CCOC2=O)cc1)c1nc2ccccc2[nH]1. The number of fused-ring (bicyclic) bond motifs is 1. The fraction of sp³-hybridized carbons (Fsp3) is 0.318. The van der Waals surface area contributed by atoms with E-state index in [1.807, 2.05) is 24.3 Å². The summed E-state index contributed by atoms with van der Waals surface area (Å²) in [4.78, 5) is 34.2. The van der Waals surface area contributed by atoms with Gasteiger partial charge in [0, 0.05) is 11.3 Å². The Morgan fingerprint density at radius 3 is 2.66 bits per heavy atom. The number of anilines is 1. The number of hydrogen-bond donors (Lipinski definition) is 2. The predicted octanol–water partition coefficient (Wildman–Crippen LogP) is 4.04. The largest absolute Gasteiger partial charge is 0.447 e. The summed E-state index contributed by atoms with van der Waals surface area (Å²) in [5.74, 6) is 0.787. The van der Waals surface area contributed by atoms with E-state index in [0.29, 0.717) is 18.7 Å². The van der Waals surface area contributed by atoms with Gasteiger partial charge in [0.05, 0.1) is 23.6 Å². The third kappa shape index (κ3) is 3.81. The molecule has 150 valence electrons. The number of carbonyl (C=O) groups is 2. The van der Waals surface area contributed by atoms with Crippen LogP contribution in [0.2, 0.25) is 0 Å². The van der Waals surface area contributed by atoms with Crippen molar-refractivity contribution in [2.45, 2.75) is 26.3 Å². The number of H-pyrrole nitrogens is 1. The second-order valence-corrected chi connectivity index (χ2v) is 7.29. The highest BCUT2D eigenvalue weighted by atomic mass is 16.6. The van der Waals surface area contributed by atoms with Crippen molar-refractivity contribution in [3.8, 4) is 0 Å². The Hall–Kier alpha value is -3.35. The van der Waals surface area contributed by atoms with E-state index in [1.165, 1.54) is 0 Å². The smallest absolute Gasteiger partial charge is 0.414 e. The number of nitrogens with one attached hydrogen (secondary N) is 2. The molecule has 2 aromatic carbocycles. The van der Waals surface area contributed by atoms with Crippen LogP contribution in [0, 0.1) is 5.92 Å². The normalized spacial score (nSPS) is 15.9. The summed E-state index contributed by atoms with van der Waals surface area (Å²) in [7, 11) is 0. The number of amides is 2. The summed E-state index contributed by atoms with van der Waals surface area (Å²) in [6, 6.07) is 14.6. The fourth-order valence-corrected chi connectivity index (χ4v) is 3.48. The molecule has 0 aliphatic carbocycles. The lowest BCUT2D eigenvalue weighted by molar-refractivity contribution is 0.0920. The first kappa shape index (κ1) is 19.0. The Bertz CT molecular complexity index is 995. The van der Waals surface area contributed by atoms with Crippen LogP contribution in [-0.2, 0) is 4.74 Å². The number of imidazole rings is 1. The number of carbonyl (C=O) groups excluding carboxylic acids is 2. The highest BCUT2D eigenvalue weighted by Gasteiger charge is 2.26. The number of aromatic nitrogens is 2. The standard InChI is InChI=1S/C22H24N4O3/c1-3-14(2)19(20-23-17-6-4-5-7-18(17)24-20)25-21(27)15-8-10-16(11-9-15)26-12-13-29-22(26)28/h4-11,14,19H,3,12-13H2,1-2H3,(H,23,24)(H,25,27). The molecule has 2 N–H and O–H groups in total. The highest BCUT2D eigenvalue weighted by molar-refractivity contribution is 5.96. The third-order valence-electron chi connectivity index (χ3n) is 5.40. The van der Waals surface area contributed by atoms with Crippen molar-refractivity contribution >= 4 is 28.7 Å². The molecule has 4 rings (SSSR count). The van der Waals surface area contributed by atoms with Gasteiger partial charge in [-0.15, -0.1) is 0 Å². The molecular weight excluding hydrogens is 368 g/mol. The predicted molar refractivity (Wildman–Crippen MR) is 111 cm³/mol. The van der Waals surface area contributed by atoms with Gasteiger partial charge in [-0.25, -0.2) is 9.78 Å². The molecule has 29 heavy (non-hydrogen) atoms. The van der Waals surface area contributed by atoms with Crippen LogP contribution in [0.25, 0.3) is 11.0 Å². The second-order valence-electron chi connectivity index (χ2n) is 7.29. The van der Waals surface area contributed by atoms with E-state index in [-0.39, 0.29) is 24.0 Å². The molecule has 0 spiro atoms. The minimum absolute atomic E-state index is 0.175. The number of hydrogen-bond acceptors (Lipinski definition) is 4. The van der Waals surface area contributed by atoms with Crippen molar-refractivity contribution in [1.82, 2.24) is 15.3 Å². The highest BCUT2D eigenvalue weighted by Crippen LogP contribution is 2.25. The van der Waals surface area contributed by atoms with E-state index >= 15 is 0 Å². The molecule has 1 saturated heterocycles. The van der Waals surface area contributed by atoms with Crippen LogP contribution in [0.1, 0.15) is 42.5 Å². The summed E-state index contributed by atoms with van der Waals surface area (Å²) in [5, 5.41) is 3.12. The Kier molecular flexibility index (Phi) is 5.20.